The van der Waals surface area contributed by atoms with Crippen molar-refractivity contribution in [2.45, 2.75) is 38.6 Å². The Balaban J connectivity index is 1.91. The highest BCUT2D eigenvalue weighted by Gasteiger charge is 2.30. The van der Waals surface area contributed by atoms with E-state index in [1.807, 2.05) is 12.1 Å². The Bertz CT molecular complexity index is 635. The molecule has 0 aromatic heterocycles. The molecule has 0 fully saturated rings. The van der Waals surface area contributed by atoms with Crippen molar-refractivity contribution in [3.8, 4) is 5.75 Å². The normalized spacial score (nSPS) is 18.1. The molecule has 2 heteroatoms. The van der Waals surface area contributed by atoms with Gasteiger partial charge in [0.15, 0.2) is 0 Å². The van der Waals surface area contributed by atoms with Gasteiger partial charge in [-0.15, -0.1) is 0 Å². The van der Waals surface area contributed by atoms with Gasteiger partial charge in [-0.2, -0.15) is 0 Å². The number of ether oxygens (including phenoxy) is 1. The van der Waals surface area contributed by atoms with Crippen LogP contribution in [0.4, 0.5) is 0 Å². The first kappa shape index (κ1) is 14.2. The van der Waals surface area contributed by atoms with Crippen molar-refractivity contribution in [1.82, 2.24) is 0 Å². The van der Waals surface area contributed by atoms with Crippen LogP contribution in [-0.2, 0) is 12.8 Å². The van der Waals surface area contributed by atoms with Crippen LogP contribution in [0.3, 0.4) is 0 Å². The van der Waals surface area contributed by atoms with Crippen LogP contribution in [0.15, 0.2) is 42.5 Å². The molecular formula is C19H23NO. The molecule has 0 radical (unpaired) electrons. The zero-order valence-electron chi connectivity index (χ0n) is 12.8. The minimum atomic E-state index is -0.00939. The van der Waals surface area contributed by atoms with E-state index in [-0.39, 0.29) is 12.0 Å². The summed E-state index contributed by atoms with van der Waals surface area (Å²) in [6.07, 6.45) is 2.13. The van der Waals surface area contributed by atoms with E-state index >= 15 is 0 Å². The van der Waals surface area contributed by atoms with Crippen LogP contribution in [0.5, 0.6) is 5.75 Å². The summed E-state index contributed by atoms with van der Waals surface area (Å²) in [7, 11) is 0. The van der Waals surface area contributed by atoms with Crippen molar-refractivity contribution in [3.05, 3.63) is 64.7 Å². The molecule has 0 bridgehead atoms. The highest BCUT2D eigenvalue weighted by Crippen LogP contribution is 2.40. The van der Waals surface area contributed by atoms with E-state index in [1.54, 1.807) is 0 Å². The highest BCUT2D eigenvalue weighted by molar-refractivity contribution is 5.43. The number of nitrogens with two attached hydrogens (primary N) is 1. The first-order valence-corrected chi connectivity index (χ1v) is 7.83. The maximum atomic E-state index is 6.55. The summed E-state index contributed by atoms with van der Waals surface area (Å²) in [5, 5.41) is 0. The Morgan fingerprint density at radius 1 is 1.10 bits per heavy atom. The van der Waals surface area contributed by atoms with Gasteiger partial charge in [-0.3, -0.25) is 0 Å². The van der Waals surface area contributed by atoms with E-state index in [1.165, 1.54) is 22.3 Å². The number of para-hydroxylation sites is 1. The molecular weight excluding hydrogens is 258 g/mol. The van der Waals surface area contributed by atoms with Crippen LogP contribution in [0, 0.1) is 0 Å². The van der Waals surface area contributed by atoms with E-state index in [0.717, 1.165) is 18.6 Å². The van der Waals surface area contributed by atoms with Gasteiger partial charge in [0.25, 0.3) is 0 Å². The van der Waals surface area contributed by atoms with Crippen molar-refractivity contribution < 1.29 is 4.74 Å². The maximum Gasteiger partial charge on any atom is 0.122 e. The first-order valence-electron chi connectivity index (χ1n) is 7.83. The zero-order valence-corrected chi connectivity index (χ0v) is 12.8. The predicted octanol–water partition coefficient (Wildman–Crippen LogP) is 3.99. The van der Waals surface area contributed by atoms with Crippen molar-refractivity contribution in [1.29, 1.82) is 0 Å². The number of aryl methyl sites for hydroxylation is 2. The third-order valence-corrected chi connectivity index (χ3v) is 4.55. The van der Waals surface area contributed by atoms with Gasteiger partial charge in [-0.05, 0) is 35.6 Å². The Morgan fingerprint density at radius 2 is 1.86 bits per heavy atom. The molecule has 0 amide bonds. The van der Waals surface area contributed by atoms with Gasteiger partial charge in [0.05, 0.1) is 6.61 Å². The molecule has 2 nitrogen and oxygen atoms in total. The zero-order chi connectivity index (χ0) is 14.8. The van der Waals surface area contributed by atoms with Crippen molar-refractivity contribution >= 4 is 0 Å². The first-order chi connectivity index (χ1) is 10.2. The van der Waals surface area contributed by atoms with Crippen LogP contribution in [-0.4, -0.2) is 6.61 Å². The second kappa shape index (κ2) is 5.90. The molecule has 2 atom stereocenters. The number of hydrogen-bond donors (Lipinski definition) is 1. The fourth-order valence-electron chi connectivity index (χ4n) is 3.24. The summed E-state index contributed by atoms with van der Waals surface area (Å²) in [4.78, 5) is 0. The Kier molecular flexibility index (Phi) is 3.98. The average molecular weight is 281 g/mol. The van der Waals surface area contributed by atoms with E-state index < -0.39 is 0 Å². The van der Waals surface area contributed by atoms with E-state index in [2.05, 4.69) is 44.2 Å². The summed E-state index contributed by atoms with van der Waals surface area (Å²) in [5.74, 6) is 1.23. The van der Waals surface area contributed by atoms with E-state index in [4.69, 9.17) is 10.5 Å². The molecule has 0 aliphatic carbocycles. The average Bonchev–Trinajstić information content (AvgIpc) is 2.97. The molecule has 2 aromatic carbocycles. The van der Waals surface area contributed by atoms with Gasteiger partial charge in [0.1, 0.15) is 5.75 Å². The number of rotatable bonds is 4. The van der Waals surface area contributed by atoms with Gasteiger partial charge in [0, 0.05) is 17.5 Å². The molecule has 1 aliphatic heterocycles. The molecule has 110 valence electrons. The molecule has 3 rings (SSSR count). The third kappa shape index (κ3) is 2.56. The summed E-state index contributed by atoms with van der Waals surface area (Å²) in [6.45, 7) is 5.09. The van der Waals surface area contributed by atoms with Crippen LogP contribution >= 0.6 is 0 Å². The second-order valence-corrected chi connectivity index (χ2v) is 5.72. The van der Waals surface area contributed by atoms with Crippen molar-refractivity contribution in [3.63, 3.8) is 0 Å². The Labute approximate surface area is 126 Å². The molecule has 1 aliphatic rings. The minimum Gasteiger partial charge on any atom is -0.493 e. The summed E-state index contributed by atoms with van der Waals surface area (Å²) < 4.78 is 5.78. The van der Waals surface area contributed by atoms with Gasteiger partial charge < -0.3 is 10.5 Å². The SMILES string of the molecule is CCc1ccc(C(N)C2COc3ccccc32)cc1CC. The maximum absolute atomic E-state index is 6.55. The Hall–Kier alpha value is -1.80. The molecule has 2 N–H and O–H groups in total. The fraction of sp³-hybridized carbons (Fsp3) is 0.368. The summed E-state index contributed by atoms with van der Waals surface area (Å²) in [5.41, 5.74) is 11.8. The third-order valence-electron chi connectivity index (χ3n) is 4.55. The van der Waals surface area contributed by atoms with Crippen molar-refractivity contribution in [2.24, 2.45) is 5.73 Å². The fourth-order valence-corrected chi connectivity index (χ4v) is 3.24. The lowest BCUT2D eigenvalue weighted by atomic mass is 9.87. The van der Waals surface area contributed by atoms with Crippen LogP contribution in [0.25, 0.3) is 0 Å². The van der Waals surface area contributed by atoms with Crippen LogP contribution < -0.4 is 10.5 Å². The lowest BCUT2D eigenvalue weighted by Gasteiger charge is -2.20. The molecule has 1 heterocycles. The summed E-state index contributed by atoms with van der Waals surface area (Å²) in [6, 6.07) is 14.9. The molecule has 2 unspecified atom stereocenters. The smallest absolute Gasteiger partial charge is 0.122 e. The van der Waals surface area contributed by atoms with Gasteiger partial charge in [-0.1, -0.05) is 50.2 Å². The molecule has 21 heavy (non-hydrogen) atoms. The number of fused-ring (bicyclic) bond motifs is 1. The van der Waals surface area contributed by atoms with E-state index in [9.17, 15) is 0 Å². The molecule has 0 spiro atoms. The minimum absolute atomic E-state index is 0.00939. The summed E-state index contributed by atoms with van der Waals surface area (Å²) >= 11 is 0. The number of hydrogen-bond acceptors (Lipinski definition) is 2. The monoisotopic (exact) mass is 281 g/mol. The Morgan fingerprint density at radius 3 is 2.62 bits per heavy atom. The predicted molar refractivity (Wildman–Crippen MR) is 86.8 cm³/mol. The lowest BCUT2D eigenvalue weighted by Crippen LogP contribution is -2.21. The van der Waals surface area contributed by atoms with Crippen LogP contribution in [0.2, 0.25) is 0 Å². The van der Waals surface area contributed by atoms with Crippen molar-refractivity contribution in [2.75, 3.05) is 6.61 Å². The topological polar surface area (TPSA) is 35.2 Å². The highest BCUT2D eigenvalue weighted by atomic mass is 16.5. The van der Waals surface area contributed by atoms with Gasteiger partial charge in [-0.25, -0.2) is 0 Å². The quantitative estimate of drug-likeness (QED) is 0.919. The molecule has 0 saturated heterocycles. The van der Waals surface area contributed by atoms with Gasteiger partial charge in [0.2, 0.25) is 0 Å². The van der Waals surface area contributed by atoms with Crippen LogP contribution in [0.1, 0.15) is 48.1 Å². The largest absolute Gasteiger partial charge is 0.493 e. The van der Waals surface area contributed by atoms with Gasteiger partial charge >= 0.3 is 0 Å². The van der Waals surface area contributed by atoms with E-state index in [0.29, 0.717) is 6.61 Å². The second-order valence-electron chi connectivity index (χ2n) is 5.72. The standard InChI is InChI=1S/C19H23NO/c1-3-13-9-10-15(11-14(13)4-2)19(20)17-12-21-18-8-6-5-7-16(17)18/h5-11,17,19H,3-4,12,20H2,1-2H3. The lowest BCUT2D eigenvalue weighted by molar-refractivity contribution is 0.315. The number of benzene rings is 2. The molecule has 2 aromatic rings. The molecule has 0 saturated carbocycles.